The standard InChI is InChI=1S/C32H38FNO4.C2HF3O2/c1-34(17-20-3-4-20)14-13-31-27-22-7-10-25(35)28(27)38-29(31)32(36-2)12-11-30(31,26(34)15-22)16-23(32)19-37-18-21-5-8-24(33)9-6-21;3-2(4,5)1(6)7/h5-10,20,23,26,29H,3-4,11-19H2,1-2H3;(H,6,7)/t23-,26-,29-,30-,31+,32-,34?;/m1./s1. The summed E-state index contributed by atoms with van der Waals surface area (Å²) >= 11 is 0. The topological polar surface area (TPSA) is 88.1 Å². The van der Waals surface area contributed by atoms with Crippen molar-refractivity contribution in [3.8, 4) is 11.5 Å². The van der Waals surface area contributed by atoms with Crippen molar-refractivity contribution in [3.63, 3.8) is 0 Å². The van der Waals surface area contributed by atoms with E-state index in [4.69, 9.17) is 24.1 Å². The maximum atomic E-state index is 13.4. The van der Waals surface area contributed by atoms with Crippen LogP contribution in [0.2, 0.25) is 0 Å². The lowest BCUT2D eigenvalue weighted by Crippen LogP contribution is -2.83. The van der Waals surface area contributed by atoms with Crippen molar-refractivity contribution < 1.29 is 51.3 Å². The molecular weight excluding hydrogens is 594 g/mol. The van der Waals surface area contributed by atoms with E-state index >= 15 is 0 Å². The Balaban J connectivity index is 0.000000420. The Bertz CT molecular complexity index is 1500. The molecule has 1 unspecified atom stereocenters. The van der Waals surface area contributed by atoms with Crippen LogP contribution in [0.3, 0.4) is 0 Å². The van der Waals surface area contributed by atoms with Crippen molar-refractivity contribution in [1.29, 1.82) is 0 Å². The van der Waals surface area contributed by atoms with Crippen LogP contribution in [-0.4, -0.2) is 73.3 Å². The average Bonchev–Trinajstić information content (AvgIpc) is 3.73. The fourth-order valence-corrected chi connectivity index (χ4v) is 10.4. The summed E-state index contributed by atoms with van der Waals surface area (Å²) in [6.45, 7) is 3.51. The lowest BCUT2D eigenvalue weighted by molar-refractivity contribution is -0.952. The number of ether oxygens (including phenoxy) is 3. The summed E-state index contributed by atoms with van der Waals surface area (Å²) in [6.07, 6.45) is 2.79. The Morgan fingerprint density at radius 2 is 1.84 bits per heavy atom. The summed E-state index contributed by atoms with van der Waals surface area (Å²) in [5.74, 6) is -1.15. The van der Waals surface area contributed by atoms with Gasteiger partial charge in [0.25, 0.3) is 0 Å². The number of phenolic OH excluding ortho intramolecular Hbond substituents is 1. The Labute approximate surface area is 259 Å². The third kappa shape index (κ3) is 4.43. The molecule has 4 saturated carbocycles. The molecular formula is C34H39F4NO6. The molecule has 1 N–H and O–H groups in total. The molecule has 1 saturated heterocycles. The Hall–Kier alpha value is -2.89. The van der Waals surface area contributed by atoms with E-state index in [-0.39, 0.29) is 34.4 Å². The SMILES string of the molecule is CO[C@]12CC[C@@]3(C[C@@H]1COCc1ccc(F)cc1)[C@H]1Cc4ccc(O)c5c4[C@@]3(CC[N+]1(C)CC1CC1)[C@H]2O5.O=C([O-])C(F)(F)F. The third-order valence-corrected chi connectivity index (χ3v) is 12.3. The molecule has 2 spiro atoms. The number of hydrogen-bond donors (Lipinski definition) is 1. The van der Waals surface area contributed by atoms with E-state index in [1.54, 1.807) is 12.1 Å². The number of likely N-dealkylation sites (tertiary alicyclic amines) is 1. The molecule has 244 valence electrons. The number of fused-ring (bicyclic) bond motifs is 2. The highest BCUT2D eigenvalue weighted by Crippen LogP contribution is 2.77. The van der Waals surface area contributed by atoms with Crippen molar-refractivity contribution in [2.24, 2.45) is 17.3 Å². The fourth-order valence-electron chi connectivity index (χ4n) is 10.4. The molecule has 11 heteroatoms. The first-order chi connectivity index (χ1) is 21.3. The minimum Gasteiger partial charge on any atom is -0.542 e. The number of aromatic hydroxyl groups is 1. The number of piperidine rings is 1. The number of carboxylic acids is 1. The van der Waals surface area contributed by atoms with Crippen LogP contribution < -0.4 is 9.84 Å². The van der Waals surface area contributed by atoms with Crippen molar-refractivity contribution in [2.75, 3.05) is 33.9 Å². The van der Waals surface area contributed by atoms with E-state index in [1.807, 2.05) is 13.2 Å². The molecule has 7 nitrogen and oxygen atoms in total. The largest absolute Gasteiger partial charge is 0.542 e. The van der Waals surface area contributed by atoms with E-state index in [1.165, 1.54) is 49.2 Å². The molecule has 5 fully saturated rings. The quantitative estimate of drug-likeness (QED) is 0.359. The second-order valence-electron chi connectivity index (χ2n) is 14.4. The number of likely N-dealkylation sites (N-methyl/N-ethyl adjacent to an activating group) is 1. The number of halogens is 4. The molecule has 0 aromatic heterocycles. The Morgan fingerprint density at radius 3 is 2.49 bits per heavy atom. The van der Waals surface area contributed by atoms with Gasteiger partial charge in [0.15, 0.2) is 11.5 Å². The number of phenols is 1. The number of carbonyl (C=O) groups excluding carboxylic acids is 1. The second kappa shape index (κ2) is 10.3. The summed E-state index contributed by atoms with van der Waals surface area (Å²) in [7, 11) is 4.39. The van der Waals surface area contributed by atoms with E-state index in [0.29, 0.717) is 19.3 Å². The summed E-state index contributed by atoms with van der Waals surface area (Å²) in [4.78, 5) is 8.78. The van der Waals surface area contributed by atoms with Gasteiger partial charge in [0.05, 0.1) is 44.8 Å². The molecule has 7 aliphatic rings. The molecule has 0 amide bonds. The van der Waals surface area contributed by atoms with Crippen LogP contribution in [0.25, 0.3) is 0 Å². The lowest BCUT2D eigenvalue weighted by Gasteiger charge is -2.74. The summed E-state index contributed by atoms with van der Waals surface area (Å²) in [5, 5.41) is 19.8. The first-order valence-corrected chi connectivity index (χ1v) is 15.8. The highest BCUT2D eigenvalue weighted by atomic mass is 19.4. The number of hydrogen-bond acceptors (Lipinski definition) is 6. The van der Waals surface area contributed by atoms with E-state index < -0.39 is 17.7 Å². The number of carbonyl (C=O) groups is 1. The number of methoxy groups -OCH3 is 1. The van der Waals surface area contributed by atoms with Gasteiger partial charge in [0.1, 0.15) is 23.5 Å². The fraction of sp³-hybridized carbons (Fsp3) is 0.618. The number of rotatable bonds is 7. The summed E-state index contributed by atoms with van der Waals surface area (Å²) in [5.41, 5.74) is 3.22. The van der Waals surface area contributed by atoms with Gasteiger partial charge in [-0.1, -0.05) is 18.2 Å². The van der Waals surface area contributed by atoms with E-state index in [9.17, 15) is 22.7 Å². The van der Waals surface area contributed by atoms with Gasteiger partial charge in [0, 0.05) is 42.8 Å². The molecule has 5 aliphatic carbocycles. The monoisotopic (exact) mass is 633 g/mol. The van der Waals surface area contributed by atoms with Crippen molar-refractivity contribution in [3.05, 3.63) is 58.9 Å². The summed E-state index contributed by atoms with van der Waals surface area (Å²) in [6, 6.07) is 11.2. The maximum Gasteiger partial charge on any atom is 0.430 e. The molecule has 2 heterocycles. The van der Waals surface area contributed by atoms with Crippen molar-refractivity contribution in [1.82, 2.24) is 0 Å². The predicted molar refractivity (Wildman–Crippen MR) is 152 cm³/mol. The highest BCUT2D eigenvalue weighted by molar-refractivity contribution is 5.70. The molecule has 2 aromatic carbocycles. The second-order valence-corrected chi connectivity index (χ2v) is 14.4. The first kappa shape index (κ1) is 30.7. The van der Waals surface area contributed by atoms with Crippen LogP contribution in [0.4, 0.5) is 17.6 Å². The van der Waals surface area contributed by atoms with Crippen LogP contribution in [0, 0.1) is 23.1 Å². The number of quaternary nitrogens is 1. The predicted octanol–water partition coefficient (Wildman–Crippen LogP) is 4.42. The van der Waals surface area contributed by atoms with Gasteiger partial charge in [-0.25, -0.2) is 4.39 Å². The van der Waals surface area contributed by atoms with Gasteiger partial charge in [0.2, 0.25) is 0 Å². The molecule has 4 bridgehead atoms. The van der Waals surface area contributed by atoms with Crippen LogP contribution in [0.1, 0.15) is 55.2 Å². The minimum absolute atomic E-state index is 0.107. The first-order valence-electron chi connectivity index (χ1n) is 15.8. The molecule has 7 atom stereocenters. The van der Waals surface area contributed by atoms with Crippen molar-refractivity contribution in [2.45, 2.75) is 80.9 Å². The van der Waals surface area contributed by atoms with Crippen LogP contribution in [-0.2, 0) is 32.7 Å². The lowest BCUT2D eigenvalue weighted by atomic mass is 9.34. The van der Waals surface area contributed by atoms with E-state index in [0.717, 1.165) is 53.8 Å². The van der Waals surface area contributed by atoms with Crippen molar-refractivity contribution >= 4 is 5.97 Å². The number of benzene rings is 2. The van der Waals surface area contributed by atoms with Crippen LogP contribution >= 0.6 is 0 Å². The maximum absolute atomic E-state index is 13.4. The normalized spacial score (nSPS) is 36.9. The van der Waals surface area contributed by atoms with Crippen LogP contribution in [0.5, 0.6) is 11.5 Å². The van der Waals surface area contributed by atoms with Crippen LogP contribution in [0.15, 0.2) is 36.4 Å². The smallest absolute Gasteiger partial charge is 0.430 e. The van der Waals surface area contributed by atoms with Gasteiger partial charge in [-0.3, -0.25) is 0 Å². The average molecular weight is 634 g/mol. The number of alkyl halides is 3. The Kier molecular flexibility index (Phi) is 7.04. The molecule has 2 aliphatic heterocycles. The van der Waals surface area contributed by atoms with E-state index in [2.05, 4.69) is 13.1 Å². The molecule has 9 rings (SSSR count). The van der Waals surface area contributed by atoms with Gasteiger partial charge < -0.3 is 33.7 Å². The minimum atomic E-state index is -5.19. The number of nitrogens with zero attached hydrogens (tertiary/aromatic N) is 1. The van der Waals surface area contributed by atoms with Gasteiger partial charge in [-0.05, 0) is 61.4 Å². The number of aliphatic carboxylic acids is 1. The molecule has 0 radical (unpaired) electrons. The van der Waals surface area contributed by atoms with Gasteiger partial charge in [-0.2, -0.15) is 13.2 Å². The molecule has 45 heavy (non-hydrogen) atoms. The third-order valence-electron chi connectivity index (χ3n) is 12.3. The molecule has 2 aromatic rings. The zero-order chi connectivity index (χ0) is 32.0. The number of carboxylic acid groups (broad SMARTS) is 1. The van der Waals surface area contributed by atoms with Gasteiger partial charge in [-0.15, -0.1) is 0 Å². The summed E-state index contributed by atoms with van der Waals surface area (Å²) < 4.78 is 66.0. The Morgan fingerprint density at radius 1 is 1.13 bits per heavy atom. The highest BCUT2D eigenvalue weighted by Gasteiger charge is 2.83. The van der Waals surface area contributed by atoms with Gasteiger partial charge >= 0.3 is 6.18 Å². The zero-order valence-corrected chi connectivity index (χ0v) is 25.5. The zero-order valence-electron chi connectivity index (χ0n) is 25.5.